The van der Waals surface area contributed by atoms with E-state index >= 15 is 0 Å². The number of ketones is 1. The van der Waals surface area contributed by atoms with Crippen molar-refractivity contribution in [1.82, 2.24) is 0 Å². The molecule has 0 saturated heterocycles. The molecule has 1 spiro atoms. The van der Waals surface area contributed by atoms with Gasteiger partial charge in [0.05, 0.1) is 0 Å². The number of hydrogen-bond acceptors (Lipinski definition) is 2. The van der Waals surface area contributed by atoms with Gasteiger partial charge >= 0.3 is 0 Å². The molecular weight excluding hydrogens is 192 g/mol. The number of fused-ring (bicyclic) bond motifs is 1. The van der Waals surface area contributed by atoms with Crippen molar-refractivity contribution in [2.75, 3.05) is 5.75 Å². The molecule has 0 amide bonds. The largest absolute Gasteiger partial charge is 0.293 e. The molecule has 1 aromatic carbocycles. The molecule has 1 nitrogen and oxygen atoms in total. The van der Waals surface area contributed by atoms with Crippen molar-refractivity contribution in [3.05, 3.63) is 29.8 Å². The zero-order valence-electron chi connectivity index (χ0n) is 7.95. The normalized spacial score (nSPS) is 23.0. The number of hydrogen-bond donors (Lipinski definition) is 0. The summed E-state index contributed by atoms with van der Waals surface area (Å²) in [7, 11) is 0. The number of carbonyl (C=O) groups is 1. The van der Waals surface area contributed by atoms with Gasteiger partial charge in [-0.1, -0.05) is 24.6 Å². The minimum Gasteiger partial charge on any atom is -0.293 e. The van der Waals surface area contributed by atoms with Crippen LogP contribution >= 0.6 is 11.8 Å². The second-order valence-electron chi connectivity index (χ2n) is 4.25. The molecule has 1 saturated carbocycles. The number of carbonyl (C=O) groups excluding carboxylic acids is 1. The first kappa shape index (κ1) is 8.54. The lowest BCUT2D eigenvalue weighted by molar-refractivity contribution is 0.0667. The van der Waals surface area contributed by atoms with Gasteiger partial charge in [0.25, 0.3) is 0 Å². The molecule has 0 unspecified atom stereocenters. The molecular formula is C12H12OS. The Morgan fingerprint density at radius 3 is 2.71 bits per heavy atom. The Morgan fingerprint density at radius 2 is 2.00 bits per heavy atom. The SMILES string of the molecule is O=C1c2ccccc2SCC12CCC2. The lowest BCUT2D eigenvalue weighted by Gasteiger charge is -2.43. The first-order valence-electron chi connectivity index (χ1n) is 5.08. The molecule has 1 aliphatic carbocycles. The van der Waals surface area contributed by atoms with E-state index in [0.717, 1.165) is 24.2 Å². The number of thioether (sulfide) groups is 1. The van der Waals surface area contributed by atoms with Crippen molar-refractivity contribution in [1.29, 1.82) is 0 Å². The van der Waals surface area contributed by atoms with E-state index in [1.807, 2.05) is 30.0 Å². The van der Waals surface area contributed by atoms with Gasteiger partial charge in [0.2, 0.25) is 0 Å². The summed E-state index contributed by atoms with van der Waals surface area (Å²) in [5.41, 5.74) is 0.988. The van der Waals surface area contributed by atoms with Crippen molar-refractivity contribution in [2.45, 2.75) is 24.2 Å². The van der Waals surface area contributed by atoms with E-state index in [-0.39, 0.29) is 5.41 Å². The minimum atomic E-state index is 0.0268. The second kappa shape index (κ2) is 2.86. The van der Waals surface area contributed by atoms with Crippen molar-refractivity contribution in [3.63, 3.8) is 0 Å². The summed E-state index contributed by atoms with van der Waals surface area (Å²) in [5, 5.41) is 0. The van der Waals surface area contributed by atoms with Gasteiger partial charge < -0.3 is 0 Å². The molecule has 0 atom stereocenters. The molecule has 0 aromatic heterocycles. The van der Waals surface area contributed by atoms with Crippen LogP contribution in [0.25, 0.3) is 0 Å². The Balaban J connectivity index is 2.07. The summed E-state index contributed by atoms with van der Waals surface area (Å²) in [6, 6.07) is 8.01. The predicted molar refractivity (Wildman–Crippen MR) is 57.8 cm³/mol. The molecule has 1 fully saturated rings. The van der Waals surface area contributed by atoms with Crippen LogP contribution in [-0.4, -0.2) is 11.5 Å². The van der Waals surface area contributed by atoms with Gasteiger partial charge in [-0.2, -0.15) is 0 Å². The van der Waals surface area contributed by atoms with Gasteiger partial charge in [-0.15, -0.1) is 11.8 Å². The van der Waals surface area contributed by atoms with Crippen LogP contribution < -0.4 is 0 Å². The fourth-order valence-electron chi connectivity index (χ4n) is 2.32. The maximum atomic E-state index is 12.2. The Hall–Kier alpha value is -0.760. The van der Waals surface area contributed by atoms with Gasteiger partial charge in [0.15, 0.2) is 5.78 Å². The molecule has 14 heavy (non-hydrogen) atoms. The van der Waals surface area contributed by atoms with Crippen LogP contribution in [0.4, 0.5) is 0 Å². The fraction of sp³-hybridized carbons (Fsp3) is 0.417. The van der Waals surface area contributed by atoms with Crippen LogP contribution in [0, 0.1) is 5.41 Å². The molecule has 0 N–H and O–H groups in total. The van der Waals surface area contributed by atoms with Crippen LogP contribution in [0.2, 0.25) is 0 Å². The summed E-state index contributed by atoms with van der Waals surface area (Å²) in [6.07, 6.45) is 3.44. The zero-order valence-corrected chi connectivity index (χ0v) is 8.77. The minimum absolute atomic E-state index is 0.0268. The standard InChI is InChI=1S/C12H12OS/c13-11-9-4-1-2-5-10(9)14-8-12(11)6-3-7-12/h1-2,4-5H,3,6-8H2. The lowest BCUT2D eigenvalue weighted by Crippen LogP contribution is -2.42. The Labute approximate surface area is 87.9 Å². The number of rotatable bonds is 0. The maximum Gasteiger partial charge on any atom is 0.170 e. The average molecular weight is 204 g/mol. The van der Waals surface area contributed by atoms with E-state index in [2.05, 4.69) is 6.07 Å². The molecule has 3 rings (SSSR count). The highest BCUT2D eigenvalue weighted by atomic mass is 32.2. The van der Waals surface area contributed by atoms with E-state index in [0.29, 0.717) is 5.78 Å². The summed E-state index contributed by atoms with van der Waals surface area (Å²) in [4.78, 5) is 13.4. The van der Waals surface area contributed by atoms with Crippen LogP contribution in [0.15, 0.2) is 29.2 Å². The number of benzene rings is 1. The number of Topliss-reactive ketones (excluding diaryl/α,β-unsaturated/α-hetero) is 1. The van der Waals surface area contributed by atoms with E-state index in [1.54, 1.807) is 0 Å². The molecule has 1 aliphatic heterocycles. The van der Waals surface area contributed by atoms with Gasteiger partial charge in [-0.25, -0.2) is 0 Å². The Bertz CT molecular complexity index is 393. The monoisotopic (exact) mass is 204 g/mol. The third-order valence-electron chi connectivity index (χ3n) is 3.43. The van der Waals surface area contributed by atoms with E-state index in [4.69, 9.17) is 0 Å². The van der Waals surface area contributed by atoms with Gasteiger partial charge in [0, 0.05) is 21.6 Å². The van der Waals surface area contributed by atoms with Gasteiger partial charge in [-0.05, 0) is 18.9 Å². The zero-order chi connectivity index (χ0) is 9.60. The van der Waals surface area contributed by atoms with Crippen LogP contribution in [0.1, 0.15) is 29.6 Å². The molecule has 72 valence electrons. The Kier molecular flexibility index (Phi) is 1.75. The summed E-state index contributed by atoms with van der Waals surface area (Å²) >= 11 is 1.85. The molecule has 0 bridgehead atoms. The van der Waals surface area contributed by atoms with Crippen molar-refractivity contribution >= 4 is 17.5 Å². The second-order valence-corrected chi connectivity index (χ2v) is 5.27. The first-order valence-corrected chi connectivity index (χ1v) is 6.07. The molecule has 1 aromatic rings. The Morgan fingerprint density at radius 1 is 1.21 bits per heavy atom. The fourth-order valence-corrected chi connectivity index (χ4v) is 3.66. The summed E-state index contributed by atoms with van der Waals surface area (Å²) < 4.78 is 0. The quantitative estimate of drug-likeness (QED) is 0.645. The van der Waals surface area contributed by atoms with Crippen molar-refractivity contribution in [3.8, 4) is 0 Å². The molecule has 1 heterocycles. The van der Waals surface area contributed by atoms with Crippen molar-refractivity contribution in [2.24, 2.45) is 5.41 Å². The summed E-state index contributed by atoms with van der Waals surface area (Å²) in [6.45, 7) is 0. The topological polar surface area (TPSA) is 17.1 Å². The third kappa shape index (κ3) is 1.01. The van der Waals surface area contributed by atoms with Crippen LogP contribution in [0.5, 0.6) is 0 Å². The van der Waals surface area contributed by atoms with E-state index < -0.39 is 0 Å². The highest BCUT2D eigenvalue weighted by Crippen LogP contribution is 2.51. The highest BCUT2D eigenvalue weighted by Gasteiger charge is 2.47. The summed E-state index contributed by atoms with van der Waals surface area (Å²) in [5.74, 6) is 1.40. The molecule has 2 aliphatic rings. The van der Waals surface area contributed by atoms with Crippen molar-refractivity contribution < 1.29 is 4.79 Å². The molecule has 2 heteroatoms. The highest BCUT2D eigenvalue weighted by molar-refractivity contribution is 7.99. The van der Waals surface area contributed by atoms with Crippen LogP contribution in [0.3, 0.4) is 0 Å². The predicted octanol–water partition coefficient (Wildman–Crippen LogP) is 3.15. The average Bonchev–Trinajstić information content (AvgIpc) is 2.16. The smallest absolute Gasteiger partial charge is 0.170 e. The van der Waals surface area contributed by atoms with E-state index in [1.165, 1.54) is 11.3 Å². The van der Waals surface area contributed by atoms with Gasteiger partial charge in [-0.3, -0.25) is 4.79 Å². The lowest BCUT2D eigenvalue weighted by atomic mass is 9.65. The first-order chi connectivity index (χ1) is 6.82. The van der Waals surface area contributed by atoms with Crippen LogP contribution in [-0.2, 0) is 0 Å². The maximum absolute atomic E-state index is 12.2. The third-order valence-corrected chi connectivity index (χ3v) is 4.79. The molecule has 0 radical (unpaired) electrons. The van der Waals surface area contributed by atoms with Gasteiger partial charge in [0.1, 0.15) is 0 Å². The van der Waals surface area contributed by atoms with E-state index in [9.17, 15) is 4.79 Å².